The van der Waals surface area contributed by atoms with Crippen LogP contribution in [0.5, 0.6) is 0 Å². The first-order valence-corrected chi connectivity index (χ1v) is 8.42. The molecule has 0 radical (unpaired) electrons. The molecule has 0 fully saturated rings. The molecule has 2 rings (SSSR count). The van der Waals surface area contributed by atoms with Crippen LogP contribution in [0.15, 0.2) is 36.7 Å². The van der Waals surface area contributed by atoms with Gasteiger partial charge in [-0.25, -0.2) is 4.98 Å². The predicted molar refractivity (Wildman–Crippen MR) is 95.9 cm³/mol. The molecule has 2 aromatic rings. The maximum atomic E-state index is 11.0. The van der Waals surface area contributed by atoms with Gasteiger partial charge in [0, 0.05) is 25.2 Å². The number of nitrogens with zero attached hydrogens (tertiary/aromatic N) is 3. The molecule has 0 saturated heterocycles. The molecular weight excluding hydrogens is 300 g/mol. The molecule has 128 valence electrons. The van der Waals surface area contributed by atoms with Gasteiger partial charge in [-0.05, 0) is 37.9 Å². The Hall–Kier alpha value is -2.27. The average molecular weight is 326 g/mol. The minimum Gasteiger partial charge on any atom is -0.364 e. The number of amides is 1. The number of rotatable bonds is 8. The van der Waals surface area contributed by atoms with Crippen LogP contribution in [0.2, 0.25) is 0 Å². The van der Waals surface area contributed by atoms with Crippen molar-refractivity contribution >= 4 is 5.91 Å². The van der Waals surface area contributed by atoms with Crippen molar-refractivity contribution in [3.05, 3.63) is 59.2 Å². The monoisotopic (exact) mass is 326 g/mol. The molecule has 0 atom stereocenters. The number of benzene rings is 1. The first-order chi connectivity index (χ1) is 11.5. The summed E-state index contributed by atoms with van der Waals surface area (Å²) in [6, 6.07) is 9.19. The van der Waals surface area contributed by atoms with Crippen LogP contribution in [-0.4, -0.2) is 39.9 Å². The van der Waals surface area contributed by atoms with Crippen molar-refractivity contribution in [1.82, 2.24) is 14.9 Å². The normalized spacial score (nSPS) is 11.2. The van der Waals surface area contributed by atoms with Crippen LogP contribution in [-0.2, 0) is 12.8 Å². The number of nitrogens with two attached hydrogens (primary N) is 1. The summed E-state index contributed by atoms with van der Waals surface area (Å²) < 4.78 is 0. The molecule has 0 spiro atoms. The molecule has 24 heavy (non-hydrogen) atoms. The molecule has 1 amide bonds. The van der Waals surface area contributed by atoms with E-state index < -0.39 is 5.91 Å². The number of primary amides is 1. The van der Waals surface area contributed by atoms with Gasteiger partial charge in [0.05, 0.1) is 11.9 Å². The lowest BCUT2D eigenvalue weighted by atomic mass is 10.1. The summed E-state index contributed by atoms with van der Waals surface area (Å²) >= 11 is 0. The zero-order valence-electron chi connectivity index (χ0n) is 14.7. The van der Waals surface area contributed by atoms with Crippen LogP contribution in [0, 0.1) is 0 Å². The first-order valence-electron chi connectivity index (χ1n) is 8.42. The standard InChI is InChI=1S/C19H26N4O/c1-4-23(14(2)3)10-9-15-5-7-16(8-6-15)11-17-12-22-18(13-21-17)19(20)24/h5-8,12-14H,4,9-11H2,1-3H3,(H2,20,24). The molecule has 1 aromatic carbocycles. The Kier molecular flexibility index (Phi) is 6.44. The van der Waals surface area contributed by atoms with Gasteiger partial charge in [0.2, 0.25) is 0 Å². The maximum absolute atomic E-state index is 11.0. The molecule has 0 aliphatic rings. The summed E-state index contributed by atoms with van der Waals surface area (Å²) in [6.45, 7) is 8.82. The summed E-state index contributed by atoms with van der Waals surface area (Å²) in [4.78, 5) is 21.7. The van der Waals surface area contributed by atoms with Crippen LogP contribution in [0.3, 0.4) is 0 Å². The topological polar surface area (TPSA) is 72.1 Å². The van der Waals surface area contributed by atoms with Gasteiger partial charge < -0.3 is 10.6 Å². The van der Waals surface area contributed by atoms with Crippen molar-refractivity contribution in [2.45, 2.75) is 39.7 Å². The van der Waals surface area contributed by atoms with E-state index in [0.29, 0.717) is 12.5 Å². The Balaban J connectivity index is 1.93. The number of aromatic nitrogens is 2. The van der Waals surface area contributed by atoms with E-state index in [2.05, 4.69) is 59.9 Å². The number of likely N-dealkylation sites (N-methyl/N-ethyl adjacent to an activating group) is 1. The Bertz CT molecular complexity index is 650. The fourth-order valence-electron chi connectivity index (χ4n) is 2.66. The van der Waals surface area contributed by atoms with E-state index in [9.17, 15) is 4.79 Å². The van der Waals surface area contributed by atoms with E-state index in [0.717, 1.165) is 25.2 Å². The lowest BCUT2D eigenvalue weighted by Crippen LogP contribution is -2.32. The highest BCUT2D eigenvalue weighted by molar-refractivity contribution is 5.90. The number of hydrogen-bond donors (Lipinski definition) is 1. The Labute approximate surface area is 143 Å². The quantitative estimate of drug-likeness (QED) is 0.809. The smallest absolute Gasteiger partial charge is 0.268 e. The second-order valence-corrected chi connectivity index (χ2v) is 6.22. The highest BCUT2D eigenvalue weighted by atomic mass is 16.1. The van der Waals surface area contributed by atoms with Crippen LogP contribution < -0.4 is 5.73 Å². The second kappa shape index (κ2) is 8.55. The van der Waals surface area contributed by atoms with Crippen molar-refractivity contribution in [2.24, 2.45) is 5.73 Å². The van der Waals surface area contributed by atoms with Crippen LogP contribution >= 0.6 is 0 Å². The van der Waals surface area contributed by atoms with Crippen molar-refractivity contribution < 1.29 is 4.79 Å². The number of carbonyl (C=O) groups is 1. The second-order valence-electron chi connectivity index (χ2n) is 6.22. The van der Waals surface area contributed by atoms with Gasteiger partial charge in [0.15, 0.2) is 0 Å². The minimum absolute atomic E-state index is 0.194. The van der Waals surface area contributed by atoms with Crippen LogP contribution in [0.25, 0.3) is 0 Å². The highest BCUT2D eigenvalue weighted by Gasteiger charge is 2.07. The fraction of sp³-hybridized carbons (Fsp3) is 0.421. The maximum Gasteiger partial charge on any atom is 0.268 e. The van der Waals surface area contributed by atoms with Crippen molar-refractivity contribution in [3.63, 3.8) is 0 Å². The molecule has 1 heterocycles. The molecule has 0 saturated carbocycles. The average Bonchev–Trinajstić information content (AvgIpc) is 2.57. The third kappa shape index (κ3) is 5.13. The summed E-state index contributed by atoms with van der Waals surface area (Å²) in [5.74, 6) is -0.555. The third-order valence-corrected chi connectivity index (χ3v) is 4.19. The highest BCUT2D eigenvalue weighted by Crippen LogP contribution is 2.10. The molecule has 0 unspecified atom stereocenters. The van der Waals surface area contributed by atoms with E-state index >= 15 is 0 Å². The number of carbonyl (C=O) groups excluding carboxylic acids is 1. The zero-order valence-corrected chi connectivity index (χ0v) is 14.7. The van der Waals surface area contributed by atoms with Crippen LogP contribution in [0.1, 0.15) is 48.1 Å². The molecule has 2 N–H and O–H groups in total. The van der Waals surface area contributed by atoms with E-state index in [1.54, 1.807) is 6.20 Å². The largest absolute Gasteiger partial charge is 0.364 e. The van der Waals surface area contributed by atoms with Crippen molar-refractivity contribution in [1.29, 1.82) is 0 Å². The van der Waals surface area contributed by atoms with E-state index in [-0.39, 0.29) is 5.69 Å². The molecule has 1 aromatic heterocycles. The van der Waals surface area contributed by atoms with E-state index in [1.165, 1.54) is 17.3 Å². The van der Waals surface area contributed by atoms with Gasteiger partial charge in [-0.2, -0.15) is 0 Å². The van der Waals surface area contributed by atoms with Crippen molar-refractivity contribution in [3.8, 4) is 0 Å². The Morgan fingerprint density at radius 2 is 1.79 bits per heavy atom. The van der Waals surface area contributed by atoms with Gasteiger partial charge in [0.25, 0.3) is 5.91 Å². The summed E-state index contributed by atoms with van der Waals surface area (Å²) in [5, 5.41) is 0. The molecule has 0 aliphatic carbocycles. The lowest BCUT2D eigenvalue weighted by Gasteiger charge is -2.24. The minimum atomic E-state index is -0.555. The summed E-state index contributed by atoms with van der Waals surface area (Å²) in [6.07, 6.45) is 4.78. The summed E-state index contributed by atoms with van der Waals surface area (Å²) in [7, 11) is 0. The molecular formula is C19H26N4O. The Morgan fingerprint density at radius 1 is 1.12 bits per heavy atom. The summed E-state index contributed by atoms with van der Waals surface area (Å²) in [5.41, 5.74) is 8.70. The molecule has 0 bridgehead atoms. The SMILES string of the molecule is CCN(CCc1ccc(Cc2cnc(C(N)=O)cn2)cc1)C(C)C. The Morgan fingerprint density at radius 3 is 2.29 bits per heavy atom. The number of hydrogen-bond acceptors (Lipinski definition) is 4. The zero-order chi connectivity index (χ0) is 17.5. The van der Waals surface area contributed by atoms with Crippen molar-refractivity contribution in [2.75, 3.05) is 13.1 Å². The first kappa shape index (κ1) is 18.1. The van der Waals surface area contributed by atoms with Gasteiger partial charge in [-0.3, -0.25) is 9.78 Å². The van der Waals surface area contributed by atoms with E-state index in [4.69, 9.17) is 5.73 Å². The molecule has 5 heteroatoms. The third-order valence-electron chi connectivity index (χ3n) is 4.19. The van der Waals surface area contributed by atoms with Gasteiger partial charge >= 0.3 is 0 Å². The van der Waals surface area contributed by atoms with Crippen LogP contribution in [0.4, 0.5) is 0 Å². The van der Waals surface area contributed by atoms with Gasteiger partial charge in [0.1, 0.15) is 5.69 Å². The van der Waals surface area contributed by atoms with E-state index in [1.807, 2.05) is 0 Å². The fourth-order valence-corrected chi connectivity index (χ4v) is 2.66. The lowest BCUT2D eigenvalue weighted by molar-refractivity contribution is 0.0995. The predicted octanol–water partition coefficient (Wildman–Crippen LogP) is 2.44. The van der Waals surface area contributed by atoms with Gasteiger partial charge in [-0.15, -0.1) is 0 Å². The van der Waals surface area contributed by atoms with Gasteiger partial charge in [-0.1, -0.05) is 31.2 Å². The molecule has 5 nitrogen and oxygen atoms in total. The molecule has 0 aliphatic heterocycles.